The molecule has 0 radical (unpaired) electrons. The monoisotopic (exact) mass is 216 g/mol. The third-order valence-electron chi connectivity index (χ3n) is 1.85. The van der Waals surface area contributed by atoms with Crippen molar-refractivity contribution in [1.29, 1.82) is 0 Å². The van der Waals surface area contributed by atoms with Gasteiger partial charge in [-0.15, -0.1) is 0 Å². The molecule has 0 aliphatic rings. The summed E-state index contributed by atoms with van der Waals surface area (Å²) in [5, 5.41) is 9.17. The lowest BCUT2D eigenvalue weighted by atomic mass is 10.4. The van der Waals surface area contributed by atoms with Gasteiger partial charge in [-0.3, -0.25) is 0 Å². The van der Waals surface area contributed by atoms with E-state index in [-0.39, 0.29) is 12.4 Å². The molecule has 0 saturated carbocycles. The van der Waals surface area contributed by atoms with E-state index >= 15 is 0 Å². The summed E-state index contributed by atoms with van der Waals surface area (Å²) in [4.78, 5) is 9.62. The Morgan fingerprint density at radius 1 is 1.57 bits per heavy atom. The van der Waals surface area contributed by atoms with E-state index in [1.807, 2.05) is 11.8 Å². The number of aliphatic hydroxyl groups excluding tert-OH is 1. The van der Waals surface area contributed by atoms with Crippen LogP contribution in [0, 0.1) is 0 Å². The third-order valence-corrected chi connectivity index (χ3v) is 2.21. The molecule has 14 heavy (non-hydrogen) atoms. The van der Waals surface area contributed by atoms with Crippen LogP contribution >= 0.6 is 11.6 Å². The maximum Gasteiger partial charge on any atom is 0.153 e. The van der Waals surface area contributed by atoms with Crippen LogP contribution < -0.4 is 10.6 Å². The highest BCUT2D eigenvalue weighted by atomic mass is 35.5. The fourth-order valence-corrected chi connectivity index (χ4v) is 1.35. The van der Waals surface area contributed by atoms with Gasteiger partial charge in [0, 0.05) is 13.1 Å². The molecule has 3 N–H and O–H groups in total. The van der Waals surface area contributed by atoms with Gasteiger partial charge in [0.15, 0.2) is 5.82 Å². The van der Waals surface area contributed by atoms with E-state index in [0.717, 1.165) is 0 Å². The van der Waals surface area contributed by atoms with Crippen molar-refractivity contribution in [3.8, 4) is 0 Å². The summed E-state index contributed by atoms with van der Waals surface area (Å²) in [6.45, 7) is 3.18. The fraction of sp³-hybridized carbons (Fsp3) is 0.500. The standard InChI is InChI=1S/C8H13ClN4O/c1-2-13(3-4-14)8-6(9)7(10)11-5-12-8/h5,14H,2-4H2,1H3,(H2,10,11,12). The van der Waals surface area contributed by atoms with E-state index < -0.39 is 0 Å². The molecule has 0 bridgehead atoms. The second-order valence-electron chi connectivity index (χ2n) is 2.70. The van der Waals surface area contributed by atoms with Gasteiger partial charge in [-0.1, -0.05) is 11.6 Å². The number of hydrogen-bond donors (Lipinski definition) is 2. The molecule has 1 rings (SSSR count). The fourth-order valence-electron chi connectivity index (χ4n) is 1.13. The van der Waals surface area contributed by atoms with Gasteiger partial charge in [-0.25, -0.2) is 9.97 Å². The third kappa shape index (κ3) is 2.24. The molecule has 0 amide bonds. The zero-order valence-electron chi connectivity index (χ0n) is 7.94. The van der Waals surface area contributed by atoms with E-state index in [4.69, 9.17) is 22.4 Å². The van der Waals surface area contributed by atoms with Crippen molar-refractivity contribution in [1.82, 2.24) is 9.97 Å². The van der Waals surface area contributed by atoms with Crippen molar-refractivity contribution in [2.75, 3.05) is 30.3 Å². The van der Waals surface area contributed by atoms with Gasteiger partial charge >= 0.3 is 0 Å². The Morgan fingerprint density at radius 3 is 2.86 bits per heavy atom. The first-order valence-corrected chi connectivity index (χ1v) is 4.70. The van der Waals surface area contributed by atoms with Crippen molar-refractivity contribution >= 4 is 23.2 Å². The molecule has 0 spiro atoms. The van der Waals surface area contributed by atoms with Gasteiger partial charge in [0.1, 0.15) is 17.2 Å². The molecular weight excluding hydrogens is 204 g/mol. The molecular formula is C8H13ClN4O. The van der Waals surface area contributed by atoms with Crippen molar-refractivity contribution in [3.63, 3.8) is 0 Å². The largest absolute Gasteiger partial charge is 0.395 e. The molecule has 78 valence electrons. The molecule has 0 aliphatic carbocycles. The molecule has 0 fully saturated rings. The van der Waals surface area contributed by atoms with Crippen LogP contribution in [0.1, 0.15) is 6.92 Å². The summed E-state index contributed by atoms with van der Waals surface area (Å²) in [5.41, 5.74) is 5.54. The van der Waals surface area contributed by atoms with Crippen LogP contribution in [0.25, 0.3) is 0 Å². The highest BCUT2D eigenvalue weighted by molar-refractivity contribution is 6.35. The highest BCUT2D eigenvalue weighted by Crippen LogP contribution is 2.26. The van der Waals surface area contributed by atoms with Gasteiger partial charge in [-0.05, 0) is 6.92 Å². The SMILES string of the molecule is CCN(CCO)c1ncnc(N)c1Cl. The van der Waals surface area contributed by atoms with Crippen LogP contribution in [0.5, 0.6) is 0 Å². The number of aromatic nitrogens is 2. The first-order chi connectivity index (χ1) is 6.70. The molecule has 0 atom stereocenters. The van der Waals surface area contributed by atoms with Crippen molar-refractivity contribution in [3.05, 3.63) is 11.3 Å². The number of hydrogen-bond acceptors (Lipinski definition) is 5. The topological polar surface area (TPSA) is 75.3 Å². The Balaban J connectivity index is 2.97. The summed E-state index contributed by atoms with van der Waals surface area (Å²) in [7, 11) is 0. The molecule has 1 aromatic heterocycles. The Morgan fingerprint density at radius 2 is 2.29 bits per heavy atom. The molecule has 1 aromatic rings. The minimum atomic E-state index is 0.0497. The maximum absolute atomic E-state index is 8.83. The van der Waals surface area contributed by atoms with E-state index in [1.165, 1.54) is 6.33 Å². The van der Waals surface area contributed by atoms with Crippen LogP contribution in [-0.4, -0.2) is 34.8 Å². The molecule has 0 saturated heterocycles. The number of halogens is 1. The molecule has 0 unspecified atom stereocenters. The van der Waals surface area contributed by atoms with Crippen molar-refractivity contribution in [2.45, 2.75) is 6.92 Å². The summed E-state index contributed by atoms with van der Waals surface area (Å²) >= 11 is 5.93. The minimum absolute atomic E-state index is 0.0497. The highest BCUT2D eigenvalue weighted by Gasteiger charge is 2.12. The van der Waals surface area contributed by atoms with Gasteiger partial charge in [0.25, 0.3) is 0 Å². The first kappa shape index (κ1) is 11.0. The predicted octanol–water partition coefficient (Wildman–Crippen LogP) is 0.531. The van der Waals surface area contributed by atoms with E-state index in [1.54, 1.807) is 0 Å². The molecule has 0 aliphatic heterocycles. The van der Waals surface area contributed by atoms with Crippen molar-refractivity contribution < 1.29 is 5.11 Å². The maximum atomic E-state index is 8.83. The van der Waals surface area contributed by atoms with Crippen LogP contribution in [0.2, 0.25) is 5.02 Å². The Kier molecular flexibility index (Phi) is 3.91. The predicted molar refractivity (Wildman–Crippen MR) is 56.4 cm³/mol. The average Bonchev–Trinajstić information content (AvgIpc) is 2.19. The Hall–Kier alpha value is -1.07. The lowest BCUT2D eigenvalue weighted by molar-refractivity contribution is 0.302. The van der Waals surface area contributed by atoms with Crippen LogP contribution in [-0.2, 0) is 0 Å². The van der Waals surface area contributed by atoms with E-state index in [9.17, 15) is 0 Å². The smallest absolute Gasteiger partial charge is 0.153 e. The minimum Gasteiger partial charge on any atom is -0.395 e. The molecule has 1 heterocycles. The van der Waals surface area contributed by atoms with Gasteiger partial charge in [0.2, 0.25) is 0 Å². The number of nitrogens with two attached hydrogens (primary N) is 1. The second-order valence-corrected chi connectivity index (χ2v) is 3.08. The zero-order chi connectivity index (χ0) is 10.6. The molecule has 6 heteroatoms. The van der Waals surface area contributed by atoms with Crippen LogP contribution in [0.4, 0.5) is 11.6 Å². The summed E-state index contributed by atoms with van der Waals surface area (Å²) in [5.74, 6) is 0.823. The Labute approximate surface area is 87.5 Å². The number of nitrogen functional groups attached to an aromatic ring is 1. The summed E-state index contributed by atoms with van der Waals surface area (Å²) in [6, 6.07) is 0. The normalized spacial score (nSPS) is 10.2. The van der Waals surface area contributed by atoms with E-state index in [2.05, 4.69) is 9.97 Å². The molecule has 0 aromatic carbocycles. The van der Waals surface area contributed by atoms with Crippen LogP contribution in [0.3, 0.4) is 0 Å². The van der Waals surface area contributed by atoms with Crippen molar-refractivity contribution in [2.24, 2.45) is 0 Å². The average molecular weight is 217 g/mol. The van der Waals surface area contributed by atoms with Gasteiger partial charge in [0.05, 0.1) is 6.61 Å². The number of nitrogens with zero attached hydrogens (tertiary/aromatic N) is 3. The number of anilines is 2. The summed E-state index contributed by atoms with van der Waals surface area (Å²) in [6.07, 6.45) is 1.36. The quantitative estimate of drug-likeness (QED) is 0.768. The Bertz CT molecular complexity index is 307. The second kappa shape index (κ2) is 4.97. The number of aliphatic hydroxyl groups is 1. The van der Waals surface area contributed by atoms with E-state index in [0.29, 0.717) is 23.9 Å². The summed E-state index contributed by atoms with van der Waals surface area (Å²) < 4.78 is 0. The number of likely N-dealkylation sites (N-methyl/N-ethyl adjacent to an activating group) is 1. The van der Waals surface area contributed by atoms with Gasteiger partial charge in [-0.2, -0.15) is 0 Å². The van der Waals surface area contributed by atoms with Crippen LogP contribution in [0.15, 0.2) is 6.33 Å². The number of rotatable bonds is 4. The van der Waals surface area contributed by atoms with Gasteiger partial charge < -0.3 is 15.7 Å². The zero-order valence-corrected chi connectivity index (χ0v) is 8.70. The lowest BCUT2D eigenvalue weighted by Crippen LogP contribution is -2.27. The molecule has 5 nitrogen and oxygen atoms in total. The first-order valence-electron chi connectivity index (χ1n) is 4.32. The lowest BCUT2D eigenvalue weighted by Gasteiger charge is -2.21.